The number of carboxylic acid groups (broad SMARTS) is 1. The van der Waals surface area contributed by atoms with Crippen molar-refractivity contribution in [2.75, 3.05) is 18.0 Å². The molecular formula is C12H18N2O2S. The van der Waals surface area contributed by atoms with Crippen molar-refractivity contribution in [2.45, 2.75) is 33.1 Å². The van der Waals surface area contributed by atoms with E-state index in [2.05, 4.69) is 16.8 Å². The zero-order valence-corrected chi connectivity index (χ0v) is 11.1. The van der Waals surface area contributed by atoms with Crippen molar-refractivity contribution in [3.8, 4) is 0 Å². The fraction of sp³-hybridized carbons (Fsp3) is 0.667. The molecular weight excluding hydrogens is 236 g/mol. The summed E-state index contributed by atoms with van der Waals surface area (Å²) in [7, 11) is 0. The molecule has 1 aromatic rings. The van der Waals surface area contributed by atoms with Crippen LogP contribution in [-0.2, 0) is 6.42 Å². The van der Waals surface area contributed by atoms with Gasteiger partial charge in [-0.3, -0.25) is 0 Å². The molecule has 94 valence electrons. The normalized spacial score (nSPS) is 20.6. The monoisotopic (exact) mass is 254 g/mol. The Hall–Kier alpha value is -1.10. The van der Waals surface area contributed by atoms with E-state index < -0.39 is 5.97 Å². The summed E-state index contributed by atoms with van der Waals surface area (Å²) in [6, 6.07) is 0. The standard InChI is InChI=1S/C12H18N2O2S/c1-3-9-10(11(15)16)17-12(13-9)14-6-4-5-8(2)7-14/h8H,3-7H2,1-2H3,(H,15,16). The summed E-state index contributed by atoms with van der Waals surface area (Å²) in [6.45, 7) is 6.18. The third-order valence-electron chi connectivity index (χ3n) is 3.14. The number of piperidine rings is 1. The van der Waals surface area contributed by atoms with Crippen LogP contribution in [0.4, 0.5) is 5.13 Å². The molecule has 0 saturated carbocycles. The van der Waals surface area contributed by atoms with Gasteiger partial charge in [-0.25, -0.2) is 9.78 Å². The number of aromatic carboxylic acids is 1. The maximum atomic E-state index is 11.1. The smallest absolute Gasteiger partial charge is 0.347 e. The molecule has 0 aromatic carbocycles. The highest BCUT2D eigenvalue weighted by atomic mass is 32.1. The number of anilines is 1. The van der Waals surface area contributed by atoms with Crippen LogP contribution in [0.5, 0.6) is 0 Å². The third-order valence-corrected chi connectivity index (χ3v) is 4.29. The SMILES string of the molecule is CCc1nc(N2CCCC(C)C2)sc1C(=O)O. The fourth-order valence-electron chi connectivity index (χ4n) is 2.24. The summed E-state index contributed by atoms with van der Waals surface area (Å²) in [6.07, 6.45) is 3.11. The molecule has 1 aliphatic rings. The van der Waals surface area contributed by atoms with Crippen molar-refractivity contribution >= 4 is 22.4 Å². The Balaban J connectivity index is 2.23. The maximum absolute atomic E-state index is 11.1. The van der Waals surface area contributed by atoms with Gasteiger partial charge in [-0.2, -0.15) is 0 Å². The predicted octanol–water partition coefficient (Wildman–Crippen LogP) is 2.64. The van der Waals surface area contributed by atoms with Crippen LogP contribution >= 0.6 is 11.3 Å². The summed E-state index contributed by atoms with van der Waals surface area (Å²) in [5, 5.41) is 9.99. The highest BCUT2D eigenvalue weighted by Crippen LogP contribution is 2.30. The molecule has 2 rings (SSSR count). The number of carboxylic acids is 1. The molecule has 0 amide bonds. The first-order valence-corrected chi connectivity index (χ1v) is 6.91. The zero-order chi connectivity index (χ0) is 12.4. The summed E-state index contributed by atoms with van der Waals surface area (Å²) in [5.74, 6) is -0.179. The highest BCUT2D eigenvalue weighted by Gasteiger charge is 2.22. The van der Waals surface area contributed by atoms with Crippen LogP contribution in [0.2, 0.25) is 0 Å². The number of aromatic nitrogens is 1. The largest absolute Gasteiger partial charge is 0.477 e. The summed E-state index contributed by atoms with van der Waals surface area (Å²) < 4.78 is 0. The molecule has 1 atom stereocenters. The van der Waals surface area contributed by atoms with Crippen molar-refractivity contribution in [1.29, 1.82) is 0 Å². The lowest BCUT2D eigenvalue weighted by Gasteiger charge is -2.30. The lowest BCUT2D eigenvalue weighted by Crippen LogP contribution is -2.34. The van der Waals surface area contributed by atoms with Gasteiger partial charge in [0, 0.05) is 13.1 Å². The van der Waals surface area contributed by atoms with E-state index in [1.54, 1.807) is 0 Å². The van der Waals surface area contributed by atoms with Crippen molar-refractivity contribution in [1.82, 2.24) is 4.98 Å². The molecule has 0 spiro atoms. The Kier molecular flexibility index (Phi) is 3.66. The summed E-state index contributed by atoms with van der Waals surface area (Å²) in [4.78, 5) is 18.2. The lowest BCUT2D eigenvalue weighted by molar-refractivity contribution is 0.0701. The first-order valence-electron chi connectivity index (χ1n) is 6.09. The van der Waals surface area contributed by atoms with Crippen molar-refractivity contribution in [3.05, 3.63) is 10.6 Å². The molecule has 1 N–H and O–H groups in total. The van der Waals surface area contributed by atoms with Gasteiger partial charge in [0.05, 0.1) is 5.69 Å². The van der Waals surface area contributed by atoms with Gasteiger partial charge in [-0.15, -0.1) is 0 Å². The van der Waals surface area contributed by atoms with Crippen molar-refractivity contribution < 1.29 is 9.90 Å². The maximum Gasteiger partial charge on any atom is 0.347 e. The van der Waals surface area contributed by atoms with Crippen LogP contribution in [0.3, 0.4) is 0 Å². The van der Waals surface area contributed by atoms with Gasteiger partial charge in [0.2, 0.25) is 0 Å². The second kappa shape index (κ2) is 5.04. The third kappa shape index (κ3) is 2.60. The Morgan fingerprint density at radius 2 is 2.41 bits per heavy atom. The van der Waals surface area contributed by atoms with Gasteiger partial charge in [0.1, 0.15) is 4.88 Å². The molecule has 17 heavy (non-hydrogen) atoms. The second-order valence-corrected chi connectivity index (χ2v) is 5.60. The number of hydrogen-bond acceptors (Lipinski definition) is 4. The number of aryl methyl sites for hydroxylation is 1. The average molecular weight is 254 g/mol. The van der Waals surface area contributed by atoms with Crippen LogP contribution < -0.4 is 4.90 Å². The van der Waals surface area contributed by atoms with Crippen molar-refractivity contribution in [2.24, 2.45) is 5.92 Å². The van der Waals surface area contributed by atoms with Gasteiger partial charge in [0.25, 0.3) is 0 Å². The molecule has 0 radical (unpaired) electrons. The van der Waals surface area contributed by atoms with Gasteiger partial charge < -0.3 is 10.0 Å². The lowest BCUT2D eigenvalue weighted by atomic mass is 10.0. The van der Waals surface area contributed by atoms with Crippen LogP contribution in [0.15, 0.2) is 0 Å². The van der Waals surface area contributed by atoms with E-state index in [9.17, 15) is 4.79 Å². The van der Waals surface area contributed by atoms with Gasteiger partial charge in [-0.05, 0) is 25.2 Å². The summed E-state index contributed by atoms with van der Waals surface area (Å²) >= 11 is 1.32. The van der Waals surface area contributed by atoms with E-state index >= 15 is 0 Å². The Labute approximate surface area is 105 Å². The number of hydrogen-bond donors (Lipinski definition) is 1. The Morgan fingerprint density at radius 1 is 1.65 bits per heavy atom. The van der Waals surface area contributed by atoms with E-state index in [0.717, 1.165) is 23.9 Å². The van der Waals surface area contributed by atoms with Gasteiger partial charge in [-0.1, -0.05) is 25.2 Å². The average Bonchev–Trinajstić information content (AvgIpc) is 2.73. The number of thiazole rings is 1. The van der Waals surface area contributed by atoms with Crippen LogP contribution in [-0.4, -0.2) is 29.1 Å². The van der Waals surface area contributed by atoms with Gasteiger partial charge >= 0.3 is 5.97 Å². The van der Waals surface area contributed by atoms with Crippen LogP contribution in [0.1, 0.15) is 42.1 Å². The topological polar surface area (TPSA) is 53.4 Å². The van der Waals surface area contributed by atoms with Crippen LogP contribution in [0, 0.1) is 5.92 Å². The minimum atomic E-state index is -0.851. The number of rotatable bonds is 3. The Bertz CT molecular complexity index is 417. The number of nitrogens with zero attached hydrogens (tertiary/aromatic N) is 2. The predicted molar refractivity (Wildman–Crippen MR) is 69.1 cm³/mol. The molecule has 1 aromatic heterocycles. The van der Waals surface area contributed by atoms with E-state index in [4.69, 9.17) is 5.11 Å². The molecule has 0 aliphatic carbocycles. The first-order chi connectivity index (χ1) is 8.11. The molecule has 1 aliphatic heterocycles. The minimum absolute atomic E-state index is 0.403. The summed E-state index contributed by atoms with van der Waals surface area (Å²) in [5.41, 5.74) is 0.718. The first kappa shape index (κ1) is 12.4. The second-order valence-electron chi connectivity index (χ2n) is 4.62. The van der Waals surface area contributed by atoms with Gasteiger partial charge in [0.15, 0.2) is 5.13 Å². The van der Waals surface area contributed by atoms with E-state index in [1.165, 1.54) is 24.2 Å². The van der Waals surface area contributed by atoms with Crippen LogP contribution in [0.25, 0.3) is 0 Å². The molecule has 1 unspecified atom stereocenters. The van der Waals surface area contributed by atoms with Crippen molar-refractivity contribution in [3.63, 3.8) is 0 Å². The van der Waals surface area contributed by atoms with E-state index in [1.807, 2.05) is 6.92 Å². The minimum Gasteiger partial charge on any atom is -0.477 e. The van der Waals surface area contributed by atoms with E-state index in [-0.39, 0.29) is 0 Å². The molecule has 1 fully saturated rings. The highest BCUT2D eigenvalue weighted by molar-refractivity contribution is 7.17. The molecule has 4 nitrogen and oxygen atoms in total. The Morgan fingerprint density at radius 3 is 2.94 bits per heavy atom. The van der Waals surface area contributed by atoms with E-state index in [0.29, 0.717) is 17.2 Å². The molecule has 0 bridgehead atoms. The number of carbonyl (C=O) groups is 1. The molecule has 1 saturated heterocycles. The quantitative estimate of drug-likeness (QED) is 0.901. The molecule has 2 heterocycles. The fourth-order valence-corrected chi connectivity index (χ4v) is 3.27. The zero-order valence-electron chi connectivity index (χ0n) is 10.3. The molecule has 5 heteroatoms.